The van der Waals surface area contributed by atoms with Crippen molar-refractivity contribution < 1.29 is 121 Å². The first kappa shape index (κ1) is 92.0. The smallest absolute Gasteiger partial charge is 0.408 e. The van der Waals surface area contributed by atoms with Crippen molar-refractivity contribution in [2.45, 2.75) is 403 Å². The fourth-order valence-electron chi connectivity index (χ4n) is 12.3. The molecule has 105 heavy (non-hydrogen) atoms. The maximum atomic E-state index is 14.1. The average molecular weight is 1510 g/mol. The minimum absolute atomic E-state index is 0.0887. The number of ether oxygens (including phenoxy) is 12. The molecule has 0 aromatic heterocycles. The Balaban J connectivity index is 1.81. The summed E-state index contributed by atoms with van der Waals surface area (Å²) in [4.78, 5) is 95.1. The highest BCUT2D eigenvalue weighted by Crippen LogP contribution is 2.37. The first-order valence-electron chi connectivity index (χ1n) is 37.8. The summed E-state index contributed by atoms with van der Waals surface area (Å²) >= 11 is 0. The van der Waals surface area contributed by atoms with E-state index in [4.69, 9.17) is 56.8 Å². The fourth-order valence-corrected chi connectivity index (χ4v) is 12.3. The fraction of sp³-hybridized carbons (Fsp3) is 0.904. The van der Waals surface area contributed by atoms with Crippen molar-refractivity contribution in [1.29, 1.82) is 0 Å². The highest BCUT2D eigenvalue weighted by molar-refractivity contribution is 5.76. The SMILES string of the molecule is CCCCCCCCCCCCCCCCCCCC(=O)NC[C@H]1O[C@@H](O[C@@H]2[C@@H](O)[C@H](NC(=O)OC(C)(C)C)C[C@H](NC(=O)OC(C)(C)C)[C@H]2O[C@H]2O[C@H](CNC(=O)OC(C)(C)C)[C@@H](O)[C@H](O)[C@H]2NC(=O)OC(C)(C)C)[C@H](O)[C@@H]1O[C@H]1O[C@@H](CNC(=O)OC(C)(C)C)[C@@H](O)[C@H](O)[C@H]1NC(=O)OC(C)(C)C. The van der Waals surface area contributed by atoms with E-state index in [-0.39, 0.29) is 6.42 Å². The number of amides is 7. The van der Waals surface area contributed by atoms with E-state index in [2.05, 4.69) is 44.1 Å². The van der Waals surface area contributed by atoms with Gasteiger partial charge in [0.1, 0.15) is 119 Å². The molecule has 13 N–H and O–H groups in total. The zero-order valence-electron chi connectivity index (χ0n) is 66.0. The second-order valence-electron chi connectivity index (χ2n) is 33.9. The van der Waals surface area contributed by atoms with Crippen molar-refractivity contribution >= 4 is 42.5 Å². The van der Waals surface area contributed by atoms with Crippen LogP contribution in [0.15, 0.2) is 0 Å². The summed E-state index contributed by atoms with van der Waals surface area (Å²) in [5.74, 6) is -0.417. The quantitative estimate of drug-likeness (QED) is 0.0217. The largest absolute Gasteiger partial charge is 0.444 e. The molecule has 1 aliphatic carbocycles. The lowest BCUT2D eigenvalue weighted by atomic mass is 9.83. The van der Waals surface area contributed by atoms with Gasteiger partial charge in [0, 0.05) is 26.1 Å². The lowest BCUT2D eigenvalue weighted by molar-refractivity contribution is -0.311. The van der Waals surface area contributed by atoms with Gasteiger partial charge in [-0.05, 0) is 137 Å². The molecule has 4 fully saturated rings. The third kappa shape index (κ3) is 34.8. The van der Waals surface area contributed by atoms with Crippen LogP contribution < -0.4 is 37.2 Å². The predicted molar refractivity (Wildman–Crippen MR) is 384 cm³/mol. The summed E-state index contributed by atoms with van der Waals surface area (Å²) in [7, 11) is 0. The molecule has 0 aromatic carbocycles. The zero-order valence-corrected chi connectivity index (χ0v) is 66.0. The summed E-state index contributed by atoms with van der Waals surface area (Å²) in [5.41, 5.74) is -6.38. The summed E-state index contributed by atoms with van der Waals surface area (Å²) < 4.78 is 72.4. The standard InChI is InChI=1S/C73H133N7O25/c1-20-21-22-23-24-25-26-27-28-29-30-31-32-33-34-35-36-37-47(81)74-41-46-57(98-60-49(80-67(93)105-73(17,18)19)54(86)52(84)45(95-60)40-76-63(89)101-69(5,6)7)55(87)61(96-46)99-58-50(82)42(77-64(90)102-70(8,9)10)38-43(78-65(91)103-71(11,12)13)56(58)97-59-48(79-66(92)104-72(14,15)16)53(85)51(83)44(94-59)39-75-62(88)100-68(2,3)4/h42-46,48-61,82-87H,20-41H2,1-19H3,(H,74,81)(H,75,88)(H,76,89)(H,77,90)(H,78,91)(H,79,92)(H,80,93)/t42-,43+,44-,45+,46-,48-,49-,50+,51-,52-,53-,54-,55-,56-,57-,58-,59-,60-,61+/m1/s1. The second-order valence-corrected chi connectivity index (χ2v) is 33.9. The molecule has 3 heterocycles. The number of hydrogen-bond acceptors (Lipinski definition) is 25. The van der Waals surface area contributed by atoms with Crippen molar-refractivity contribution in [2.75, 3.05) is 19.6 Å². The van der Waals surface area contributed by atoms with Crippen LogP contribution in [0.4, 0.5) is 28.8 Å². The van der Waals surface area contributed by atoms with Crippen LogP contribution in [0.25, 0.3) is 0 Å². The highest BCUT2D eigenvalue weighted by atomic mass is 16.8. The Kier molecular flexibility index (Phi) is 36.8. The molecule has 0 radical (unpaired) electrons. The summed E-state index contributed by atoms with van der Waals surface area (Å²) in [6.45, 7) is 29.5. The van der Waals surface area contributed by atoms with E-state index in [9.17, 15) is 64.2 Å². The first-order chi connectivity index (χ1) is 48.6. The van der Waals surface area contributed by atoms with E-state index in [1.165, 1.54) is 70.6 Å². The molecule has 4 rings (SSSR count). The molecule has 0 bridgehead atoms. The van der Waals surface area contributed by atoms with Gasteiger partial charge in [0.05, 0.1) is 12.1 Å². The Bertz CT molecular complexity index is 2650. The molecule has 0 unspecified atom stereocenters. The van der Waals surface area contributed by atoms with Crippen molar-refractivity contribution in [3.8, 4) is 0 Å². The number of alkyl carbamates (subject to hydrolysis) is 6. The summed E-state index contributed by atoms with van der Waals surface area (Å²) in [5, 5.41) is 91.0. The number of rotatable bonds is 34. The van der Waals surface area contributed by atoms with Gasteiger partial charge in [-0.3, -0.25) is 4.79 Å². The topological polar surface area (TPSA) is 436 Å². The van der Waals surface area contributed by atoms with E-state index in [1.807, 2.05) is 0 Å². The van der Waals surface area contributed by atoms with E-state index >= 15 is 0 Å². The number of carbonyl (C=O) groups excluding carboxylic acids is 7. The van der Waals surface area contributed by atoms with Crippen molar-refractivity contribution in [1.82, 2.24) is 37.2 Å². The van der Waals surface area contributed by atoms with E-state index in [1.54, 1.807) is 125 Å². The molecule has 1 saturated carbocycles. The van der Waals surface area contributed by atoms with Crippen molar-refractivity contribution in [3.05, 3.63) is 0 Å². The predicted octanol–water partition coefficient (Wildman–Crippen LogP) is 7.67. The van der Waals surface area contributed by atoms with Crippen LogP contribution in [0.5, 0.6) is 0 Å². The number of carbonyl (C=O) groups is 7. The summed E-state index contributed by atoms with van der Waals surface area (Å²) in [6, 6.07) is -6.47. The van der Waals surface area contributed by atoms with Crippen molar-refractivity contribution in [3.63, 3.8) is 0 Å². The molecule has 32 heteroatoms. The number of hydrogen-bond donors (Lipinski definition) is 13. The van der Waals surface area contributed by atoms with Crippen LogP contribution in [-0.4, -0.2) is 243 Å². The van der Waals surface area contributed by atoms with Gasteiger partial charge in [-0.1, -0.05) is 110 Å². The van der Waals surface area contributed by atoms with Gasteiger partial charge in [0.15, 0.2) is 18.9 Å². The Morgan fingerprint density at radius 1 is 0.324 bits per heavy atom. The average Bonchev–Trinajstić information content (AvgIpc) is 1.73. The monoisotopic (exact) mass is 1510 g/mol. The molecule has 3 aliphatic heterocycles. The molecular weight excluding hydrogens is 1370 g/mol. The molecule has 19 atom stereocenters. The van der Waals surface area contributed by atoms with Crippen LogP contribution in [-0.2, 0) is 61.6 Å². The van der Waals surface area contributed by atoms with Gasteiger partial charge in [-0.2, -0.15) is 0 Å². The minimum atomic E-state index is -2.07. The molecule has 7 amide bonds. The lowest BCUT2D eigenvalue weighted by Gasteiger charge is -2.49. The number of nitrogens with one attached hydrogen (secondary N) is 7. The zero-order chi connectivity index (χ0) is 79.0. The molecule has 0 spiro atoms. The normalized spacial score (nSPS) is 29.0. The van der Waals surface area contributed by atoms with Crippen LogP contribution in [0, 0.1) is 0 Å². The maximum absolute atomic E-state index is 14.1. The highest BCUT2D eigenvalue weighted by Gasteiger charge is 2.57. The Morgan fingerprint density at radius 2 is 0.629 bits per heavy atom. The van der Waals surface area contributed by atoms with Gasteiger partial charge in [0.2, 0.25) is 5.91 Å². The van der Waals surface area contributed by atoms with E-state index < -0.39 is 218 Å². The van der Waals surface area contributed by atoms with Gasteiger partial charge in [-0.15, -0.1) is 0 Å². The van der Waals surface area contributed by atoms with Crippen LogP contribution in [0.1, 0.15) is 254 Å². The van der Waals surface area contributed by atoms with Gasteiger partial charge in [-0.25, -0.2) is 28.8 Å². The second kappa shape index (κ2) is 42.0. The summed E-state index contributed by atoms with van der Waals surface area (Å²) in [6.07, 6.45) is -14.8. The van der Waals surface area contributed by atoms with Crippen molar-refractivity contribution in [2.24, 2.45) is 0 Å². The Hall–Kier alpha value is -5.39. The lowest BCUT2D eigenvalue weighted by Crippen LogP contribution is -2.70. The minimum Gasteiger partial charge on any atom is -0.444 e. The number of aliphatic hydroxyl groups excluding tert-OH is 6. The molecule has 4 aliphatic rings. The van der Waals surface area contributed by atoms with E-state index in [0.29, 0.717) is 6.42 Å². The maximum Gasteiger partial charge on any atom is 0.408 e. The Morgan fingerprint density at radius 3 is 1.00 bits per heavy atom. The molecule has 3 saturated heterocycles. The Labute approximate surface area is 621 Å². The number of unbranched alkanes of at least 4 members (excludes halogenated alkanes) is 16. The van der Waals surface area contributed by atoms with Crippen LogP contribution >= 0.6 is 0 Å². The third-order valence-electron chi connectivity index (χ3n) is 17.0. The van der Waals surface area contributed by atoms with Crippen LogP contribution in [0.2, 0.25) is 0 Å². The molecule has 32 nitrogen and oxygen atoms in total. The molecule has 610 valence electrons. The first-order valence-corrected chi connectivity index (χ1v) is 37.8. The van der Waals surface area contributed by atoms with Gasteiger partial charge in [0.25, 0.3) is 0 Å². The number of aliphatic hydroxyl groups is 6. The van der Waals surface area contributed by atoms with Gasteiger partial charge < -0.3 is 125 Å². The van der Waals surface area contributed by atoms with E-state index in [0.717, 1.165) is 32.1 Å². The van der Waals surface area contributed by atoms with Crippen LogP contribution in [0.3, 0.4) is 0 Å². The molecular formula is C73H133N7O25. The van der Waals surface area contributed by atoms with Gasteiger partial charge >= 0.3 is 36.6 Å². The molecule has 0 aromatic rings. The third-order valence-corrected chi connectivity index (χ3v) is 17.0.